The SMILES string of the molecule is O=C(O)c1cc(F)cc(OC(F)F)c1F. The Morgan fingerprint density at radius 2 is 1.93 bits per heavy atom. The summed E-state index contributed by atoms with van der Waals surface area (Å²) in [6, 6.07) is 0.712. The molecule has 0 fully saturated rings. The van der Waals surface area contributed by atoms with Crippen molar-refractivity contribution in [3.8, 4) is 5.75 Å². The third-order valence-electron chi connectivity index (χ3n) is 1.45. The number of carboxylic acids is 1. The van der Waals surface area contributed by atoms with Gasteiger partial charge >= 0.3 is 12.6 Å². The van der Waals surface area contributed by atoms with Crippen molar-refractivity contribution in [2.75, 3.05) is 0 Å². The lowest BCUT2D eigenvalue weighted by Crippen LogP contribution is -2.08. The van der Waals surface area contributed by atoms with Crippen LogP contribution in [0.2, 0.25) is 0 Å². The standard InChI is InChI=1S/C8H4F4O3/c9-3-1-4(7(13)14)6(10)5(2-3)15-8(11)12/h1-2,8H,(H,13,14). The molecule has 1 N–H and O–H groups in total. The highest BCUT2D eigenvalue weighted by Gasteiger charge is 2.19. The van der Waals surface area contributed by atoms with Crippen LogP contribution in [0.5, 0.6) is 5.75 Å². The molecule has 1 aromatic rings. The third kappa shape index (κ3) is 2.58. The Morgan fingerprint density at radius 1 is 1.33 bits per heavy atom. The van der Waals surface area contributed by atoms with E-state index in [1.54, 1.807) is 0 Å². The van der Waals surface area contributed by atoms with Gasteiger partial charge in [0.1, 0.15) is 11.4 Å². The van der Waals surface area contributed by atoms with E-state index in [2.05, 4.69) is 4.74 Å². The van der Waals surface area contributed by atoms with Crippen LogP contribution in [0.25, 0.3) is 0 Å². The van der Waals surface area contributed by atoms with Crippen molar-refractivity contribution >= 4 is 5.97 Å². The van der Waals surface area contributed by atoms with Gasteiger partial charge in [0, 0.05) is 6.07 Å². The Bertz CT molecular complexity index is 392. The van der Waals surface area contributed by atoms with Crippen molar-refractivity contribution in [2.24, 2.45) is 0 Å². The largest absolute Gasteiger partial charge is 0.478 e. The predicted octanol–water partition coefficient (Wildman–Crippen LogP) is 2.26. The summed E-state index contributed by atoms with van der Waals surface area (Å²) >= 11 is 0. The number of carboxylic acid groups (broad SMARTS) is 1. The van der Waals surface area contributed by atoms with Gasteiger partial charge in [0.2, 0.25) is 0 Å². The van der Waals surface area contributed by atoms with Gasteiger partial charge < -0.3 is 9.84 Å². The molecule has 0 unspecified atom stereocenters. The predicted molar refractivity (Wildman–Crippen MR) is 39.9 cm³/mol. The molecule has 7 heteroatoms. The number of ether oxygens (including phenoxy) is 1. The summed E-state index contributed by atoms with van der Waals surface area (Å²) in [5.41, 5.74) is -1.06. The Kier molecular flexibility index (Phi) is 3.13. The maximum Gasteiger partial charge on any atom is 0.387 e. The minimum atomic E-state index is -3.36. The normalized spacial score (nSPS) is 10.5. The van der Waals surface area contributed by atoms with Gasteiger partial charge in [0.15, 0.2) is 11.6 Å². The molecule has 0 atom stereocenters. The van der Waals surface area contributed by atoms with Gasteiger partial charge in [-0.15, -0.1) is 0 Å². The van der Waals surface area contributed by atoms with Crippen LogP contribution in [0.15, 0.2) is 12.1 Å². The number of carbonyl (C=O) groups is 1. The fraction of sp³-hybridized carbons (Fsp3) is 0.125. The molecule has 3 nitrogen and oxygen atoms in total. The smallest absolute Gasteiger partial charge is 0.387 e. The van der Waals surface area contributed by atoms with Gasteiger partial charge in [-0.25, -0.2) is 13.6 Å². The lowest BCUT2D eigenvalue weighted by Gasteiger charge is -2.07. The second-order valence-electron chi connectivity index (χ2n) is 2.45. The zero-order chi connectivity index (χ0) is 11.6. The summed E-state index contributed by atoms with van der Waals surface area (Å²) in [5.74, 6) is -5.62. The summed E-state index contributed by atoms with van der Waals surface area (Å²) < 4.78 is 52.7. The van der Waals surface area contributed by atoms with Crippen LogP contribution < -0.4 is 4.74 Å². The molecule has 0 spiro atoms. The second-order valence-corrected chi connectivity index (χ2v) is 2.45. The van der Waals surface area contributed by atoms with E-state index in [1.807, 2.05) is 0 Å². The number of halogens is 4. The molecule has 1 aromatic carbocycles. The molecule has 0 bridgehead atoms. The Labute approximate surface area is 80.9 Å². The van der Waals surface area contributed by atoms with Crippen LogP contribution in [0.4, 0.5) is 17.6 Å². The number of benzene rings is 1. The average Bonchev–Trinajstić information content (AvgIpc) is 2.09. The number of alkyl halides is 2. The molecule has 0 saturated heterocycles. The second kappa shape index (κ2) is 4.16. The molecule has 0 saturated carbocycles. The van der Waals surface area contributed by atoms with Crippen LogP contribution in [-0.4, -0.2) is 17.7 Å². The van der Waals surface area contributed by atoms with E-state index in [9.17, 15) is 22.4 Å². The van der Waals surface area contributed by atoms with Crippen molar-refractivity contribution < 1.29 is 32.2 Å². The van der Waals surface area contributed by atoms with Gasteiger partial charge in [-0.1, -0.05) is 0 Å². The first kappa shape index (κ1) is 11.3. The minimum absolute atomic E-state index is 0.341. The number of hydrogen-bond acceptors (Lipinski definition) is 2. The first-order valence-electron chi connectivity index (χ1n) is 3.59. The summed E-state index contributed by atoms with van der Waals surface area (Å²) in [7, 11) is 0. The number of aromatic carboxylic acids is 1. The first-order chi connectivity index (χ1) is 6.91. The minimum Gasteiger partial charge on any atom is -0.478 e. The molecule has 82 valence electrons. The van der Waals surface area contributed by atoms with Crippen LogP contribution in [0.3, 0.4) is 0 Å². The molecule has 0 aliphatic heterocycles. The van der Waals surface area contributed by atoms with E-state index in [4.69, 9.17) is 5.11 Å². The maximum absolute atomic E-state index is 13.1. The van der Waals surface area contributed by atoms with Crippen LogP contribution >= 0.6 is 0 Å². The first-order valence-corrected chi connectivity index (χ1v) is 3.59. The fourth-order valence-corrected chi connectivity index (χ4v) is 0.902. The molecule has 0 aliphatic carbocycles. The summed E-state index contributed by atoms with van der Waals surface area (Å²) in [4.78, 5) is 10.4. The molecule has 0 aliphatic rings. The zero-order valence-electron chi connectivity index (χ0n) is 7.01. The summed E-state index contributed by atoms with van der Waals surface area (Å²) in [5, 5.41) is 8.40. The molecular formula is C8H4F4O3. The van der Waals surface area contributed by atoms with Gasteiger partial charge in [-0.2, -0.15) is 8.78 Å². The molecule has 0 aromatic heterocycles. The zero-order valence-corrected chi connectivity index (χ0v) is 7.01. The van der Waals surface area contributed by atoms with Gasteiger partial charge in [-0.05, 0) is 6.07 Å². The Hall–Kier alpha value is -1.79. The molecule has 15 heavy (non-hydrogen) atoms. The molecular weight excluding hydrogens is 220 g/mol. The lowest BCUT2D eigenvalue weighted by atomic mass is 10.2. The van der Waals surface area contributed by atoms with Crippen LogP contribution in [-0.2, 0) is 0 Å². The Morgan fingerprint density at radius 3 is 2.40 bits per heavy atom. The highest BCUT2D eigenvalue weighted by molar-refractivity contribution is 5.88. The maximum atomic E-state index is 13.1. The van der Waals surface area contributed by atoms with Gasteiger partial charge in [0.25, 0.3) is 0 Å². The van der Waals surface area contributed by atoms with E-state index < -0.39 is 35.5 Å². The van der Waals surface area contributed by atoms with Crippen LogP contribution in [0.1, 0.15) is 10.4 Å². The molecule has 0 radical (unpaired) electrons. The topological polar surface area (TPSA) is 46.5 Å². The molecule has 1 rings (SSSR count). The van der Waals surface area contributed by atoms with E-state index in [1.165, 1.54) is 0 Å². The highest BCUT2D eigenvalue weighted by atomic mass is 19.3. The number of hydrogen-bond donors (Lipinski definition) is 1. The van der Waals surface area contributed by atoms with Crippen molar-refractivity contribution in [1.29, 1.82) is 0 Å². The van der Waals surface area contributed by atoms with Crippen LogP contribution in [0, 0.1) is 11.6 Å². The van der Waals surface area contributed by atoms with Crippen molar-refractivity contribution in [1.82, 2.24) is 0 Å². The lowest BCUT2D eigenvalue weighted by molar-refractivity contribution is -0.0524. The van der Waals surface area contributed by atoms with Gasteiger partial charge in [0.05, 0.1) is 0 Å². The molecule has 0 amide bonds. The Balaban J connectivity index is 3.22. The van der Waals surface area contributed by atoms with E-state index in [0.717, 1.165) is 0 Å². The van der Waals surface area contributed by atoms with Crippen molar-refractivity contribution in [2.45, 2.75) is 6.61 Å². The fourth-order valence-electron chi connectivity index (χ4n) is 0.902. The highest BCUT2D eigenvalue weighted by Crippen LogP contribution is 2.24. The third-order valence-corrected chi connectivity index (χ3v) is 1.45. The van der Waals surface area contributed by atoms with Crippen molar-refractivity contribution in [3.63, 3.8) is 0 Å². The van der Waals surface area contributed by atoms with E-state index >= 15 is 0 Å². The van der Waals surface area contributed by atoms with Gasteiger partial charge in [-0.3, -0.25) is 0 Å². The average molecular weight is 224 g/mol. The van der Waals surface area contributed by atoms with E-state index in [0.29, 0.717) is 12.1 Å². The summed E-state index contributed by atoms with van der Waals surface area (Å²) in [6.07, 6.45) is 0. The number of rotatable bonds is 3. The summed E-state index contributed by atoms with van der Waals surface area (Å²) in [6.45, 7) is -3.36. The monoisotopic (exact) mass is 224 g/mol. The quantitative estimate of drug-likeness (QED) is 0.801. The van der Waals surface area contributed by atoms with Crippen molar-refractivity contribution in [3.05, 3.63) is 29.3 Å². The molecule has 0 heterocycles. The van der Waals surface area contributed by atoms with E-state index in [-0.39, 0.29) is 0 Å².